The van der Waals surface area contributed by atoms with Gasteiger partial charge in [-0.2, -0.15) is 0 Å². The largest absolute Gasteiger partial charge is 0.426 e. The molecule has 0 spiro atoms. The van der Waals surface area contributed by atoms with E-state index in [1.165, 1.54) is 6.92 Å². The van der Waals surface area contributed by atoms with Crippen molar-refractivity contribution in [1.82, 2.24) is 0 Å². The molecule has 0 aliphatic heterocycles. The molecule has 1 rings (SSSR count). The minimum atomic E-state index is -0.381. The van der Waals surface area contributed by atoms with Crippen LogP contribution in [0.1, 0.15) is 12.5 Å². The van der Waals surface area contributed by atoms with Crippen LogP contribution in [0.2, 0.25) is 5.02 Å². The zero-order valence-corrected chi connectivity index (χ0v) is 13.4. The first kappa shape index (κ1) is 16.5. The van der Waals surface area contributed by atoms with E-state index in [1.807, 2.05) is 12.2 Å². The van der Waals surface area contributed by atoms with Crippen molar-refractivity contribution in [3.05, 3.63) is 70.2 Å². The van der Waals surface area contributed by atoms with Crippen LogP contribution in [0.15, 0.2) is 59.6 Å². The summed E-state index contributed by atoms with van der Waals surface area (Å²) in [5.41, 5.74) is 1.56. The average Bonchev–Trinajstić information content (AvgIpc) is 2.36. The monoisotopic (exact) mass is 352 g/mol. The van der Waals surface area contributed by atoms with Gasteiger partial charge in [-0.15, -0.1) is 0 Å². The Hall–Kier alpha value is -1.58. The highest BCUT2D eigenvalue weighted by molar-refractivity contribution is 9.11. The van der Waals surface area contributed by atoms with Crippen LogP contribution < -0.4 is 4.74 Å². The predicted molar refractivity (Wildman–Crippen MR) is 88.1 cm³/mol. The third-order valence-electron chi connectivity index (χ3n) is 2.28. The number of rotatable bonds is 5. The van der Waals surface area contributed by atoms with Gasteiger partial charge in [0.1, 0.15) is 5.75 Å². The Morgan fingerprint density at radius 3 is 2.70 bits per heavy atom. The van der Waals surface area contributed by atoms with Crippen LogP contribution in [-0.4, -0.2) is 5.97 Å². The molecule has 0 amide bonds. The number of benzene rings is 1. The van der Waals surface area contributed by atoms with Gasteiger partial charge < -0.3 is 4.74 Å². The first-order valence-electron chi connectivity index (χ1n) is 5.77. The Morgan fingerprint density at radius 2 is 2.15 bits per heavy atom. The number of carbonyl (C=O) groups excluding carboxylic acids is 1. The molecule has 1 aromatic carbocycles. The van der Waals surface area contributed by atoms with Crippen molar-refractivity contribution < 1.29 is 9.53 Å². The van der Waals surface area contributed by atoms with Crippen molar-refractivity contribution in [2.45, 2.75) is 6.92 Å². The van der Waals surface area contributed by atoms with E-state index in [2.05, 4.69) is 29.1 Å². The molecule has 0 heterocycles. The van der Waals surface area contributed by atoms with Crippen LogP contribution >= 0.6 is 27.5 Å². The van der Waals surface area contributed by atoms with Gasteiger partial charge in [-0.05, 0) is 23.8 Å². The molecule has 0 fully saturated rings. The molecule has 4 heteroatoms. The van der Waals surface area contributed by atoms with Crippen LogP contribution in [0.5, 0.6) is 5.75 Å². The van der Waals surface area contributed by atoms with E-state index in [1.54, 1.807) is 30.4 Å². The molecule has 0 aliphatic carbocycles. The molecule has 1 aromatic rings. The van der Waals surface area contributed by atoms with Gasteiger partial charge in [0.15, 0.2) is 0 Å². The predicted octanol–water partition coefficient (Wildman–Crippen LogP) is 5.30. The minimum absolute atomic E-state index is 0.381. The lowest BCUT2D eigenvalue weighted by Crippen LogP contribution is -2.02. The molecular weight excluding hydrogens is 340 g/mol. The summed E-state index contributed by atoms with van der Waals surface area (Å²) in [7, 11) is 0. The van der Waals surface area contributed by atoms with Gasteiger partial charge in [-0.1, -0.05) is 65.0 Å². The fourth-order valence-electron chi connectivity index (χ4n) is 1.44. The Kier molecular flexibility index (Phi) is 6.49. The maximum absolute atomic E-state index is 11.1. The zero-order valence-electron chi connectivity index (χ0n) is 11.0. The van der Waals surface area contributed by atoms with E-state index in [-0.39, 0.29) is 5.97 Å². The summed E-state index contributed by atoms with van der Waals surface area (Å²) in [5, 5.41) is 0.562. The normalized spacial score (nSPS) is 11.4. The second-order valence-corrected chi connectivity index (χ2v) is 5.27. The molecule has 0 saturated heterocycles. The number of hydrogen-bond acceptors (Lipinski definition) is 2. The highest BCUT2D eigenvalue weighted by Gasteiger charge is 2.05. The molecule has 0 atom stereocenters. The molecule has 0 saturated carbocycles. The summed E-state index contributed by atoms with van der Waals surface area (Å²) >= 11 is 9.28. The van der Waals surface area contributed by atoms with Gasteiger partial charge >= 0.3 is 5.97 Å². The number of ether oxygens (including phenoxy) is 1. The van der Waals surface area contributed by atoms with Crippen LogP contribution in [0.25, 0.3) is 6.08 Å². The second kappa shape index (κ2) is 7.88. The molecule has 20 heavy (non-hydrogen) atoms. The van der Waals surface area contributed by atoms with Crippen molar-refractivity contribution in [3.8, 4) is 5.75 Å². The molecule has 0 bridgehead atoms. The van der Waals surface area contributed by atoms with Gasteiger partial charge in [0.25, 0.3) is 0 Å². The highest BCUT2D eigenvalue weighted by Crippen LogP contribution is 2.26. The number of halogens is 2. The van der Waals surface area contributed by atoms with E-state index in [0.29, 0.717) is 16.3 Å². The summed E-state index contributed by atoms with van der Waals surface area (Å²) in [6.45, 7) is 8.81. The lowest BCUT2D eigenvalue weighted by molar-refractivity contribution is -0.131. The van der Waals surface area contributed by atoms with Crippen LogP contribution in [0.4, 0.5) is 0 Å². The Morgan fingerprint density at radius 1 is 1.45 bits per heavy atom. The first-order valence-corrected chi connectivity index (χ1v) is 6.94. The lowest BCUT2D eigenvalue weighted by Gasteiger charge is -2.06. The van der Waals surface area contributed by atoms with E-state index in [0.717, 1.165) is 10.1 Å². The first-order chi connectivity index (χ1) is 9.43. The zero-order chi connectivity index (χ0) is 15.1. The topological polar surface area (TPSA) is 26.3 Å². The quantitative estimate of drug-likeness (QED) is 0.408. The lowest BCUT2D eigenvalue weighted by atomic mass is 10.1. The van der Waals surface area contributed by atoms with E-state index >= 15 is 0 Å². The van der Waals surface area contributed by atoms with Crippen LogP contribution in [0, 0.1) is 0 Å². The molecule has 0 unspecified atom stereocenters. The summed E-state index contributed by atoms with van der Waals surface area (Å²) in [6.07, 6.45) is 7.10. The molecule has 104 valence electrons. The van der Waals surface area contributed by atoms with Crippen molar-refractivity contribution in [1.29, 1.82) is 0 Å². The third kappa shape index (κ3) is 5.19. The fraction of sp³-hybridized carbons (Fsp3) is 0.0625. The smallest absolute Gasteiger partial charge is 0.308 e. The standard InChI is InChI=1S/C16H14BrClO2/c1-4-5-13(11(2)17)6-7-14-10-15(18)8-9-16(14)20-12(3)19/h4-10H,1-2H2,3H3/b7-6+,13-5-. The summed E-state index contributed by atoms with van der Waals surface area (Å²) in [5.74, 6) is 0.0741. The fourth-order valence-corrected chi connectivity index (χ4v) is 1.89. The van der Waals surface area contributed by atoms with Gasteiger partial charge in [-0.3, -0.25) is 4.79 Å². The number of allylic oxidation sites excluding steroid dienone is 5. The van der Waals surface area contributed by atoms with E-state index in [4.69, 9.17) is 16.3 Å². The van der Waals surface area contributed by atoms with Crippen LogP contribution in [0.3, 0.4) is 0 Å². The molecule has 0 aromatic heterocycles. The van der Waals surface area contributed by atoms with Gasteiger partial charge in [0, 0.05) is 22.0 Å². The van der Waals surface area contributed by atoms with Gasteiger partial charge in [-0.25, -0.2) is 0 Å². The number of hydrogen-bond donors (Lipinski definition) is 0. The molecule has 0 radical (unpaired) electrons. The van der Waals surface area contributed by atoms with Gasteiger partial charge in [0.2, 0.25) is 0 Å². The summed E-state index contributed by atoms with van der Waals surface area (Å²) < 4.78 is 5.86. The Bertz CT molecular complexity index is 600. The maximum atomic E-state index is 11.1. The second-order valence-electron chi connectivity index (χ2n) is 3.87. The molecule has 0 aliphatic rings. The highest BCUT2D eigenvalue weighted by atomic mass is 79.9. The van der Waals surface area contributed by atoms with Crippen molar-refractivity contribution in [3.63, 3.8) is 0 Å². The van der Waals surface area contributed by atoms with Gasteiger partial charge in [0.05, 0.1) is 0 Å². The van der Waals surface area contributed by atoms with Crippen molar-refractivity contribution >= 4 is 39.6 Å². The summed E-state index contributed by atoms with van der Waals surface area (Å²) in [4.78, 5) is 11.1. The van der Waals surface area contributed by atoms with E-state index in [9.17, 15) is 4.79 Å². The third-order valence-corrected chi connectivity index (χ3v) is 2.97. The minimum Gasteiger partial charge on any atom is -0.426 e. The summed E-state index contributed by atoms with van der Waals surface area (Å²) in [6, 6.07) is 5.04. The maximum Gasteiger partial charge on any atom is 0.308 e. The van der Waals surface area contributed by atoms with Crippen molar-refractivity contribution in [2.24, 2.45) is 0 Å². The van der Waals surface area contributed by atoms with E-state index < -0.39 is 0 Å². The Labute approximate surface area is 132 Å². The van der Waals surface area contributed by atoms with Crippen molar-refractivity contribution in [2.75, 3.05) is 0 Å². The molecular formula is C16H14BrClO2. The Balaban J connectivity index is 3.15. The number of esters is 1. The molecule has 2 nitrogen and oxygen atoms in total. The molecule has 0 N–H and O–H groups in total. The van der Waals surface area contributed by atoms with Crippen LogP contribution in [-0.2, 0) is 4.79 Å². The SMILES string of the molecule is C=C/C=C(/C=C/c1cc(Cl)ccc1OC(C)=O)C(=C)Br. The average molecular weight is 354 g/mol. The number of carbonyl (C=O) groups is 1.